The highest BCUT2D eigenvalue weighted by Crippen LogP contribution is 2.66. The number of benzene rings is 1. The van der Waals surface area contributed by atoms with Gasteiger partial charge < -0.3 is 9.47 Å². The van der Waals surface area contributed by atoms with Crippen LogP contribution in [0.15, 0.2) is 28.7 Å². The standard InChI is InChI=1S/C24H27BrN4O2/c1-3-4-5-6-7-8-9-20-22(14-26,15-27)23(16-28)17(2)24(30-20,31-21(23)29)18-10-12-19(25)13-11-18/h10-13,17,20,29H,3-9H2,1-2H3. The van der Waals surface area contributed by atoms with Crippen molar-refractivity contribution in [2.45, 2.75) is 70.7 Å². The zero-order valence-electron chi connectivity index (χ0n) is 17.9. The summed E-state index contributed by atoms with van der Waals surface area (Å²) in [6, 6.07) is 13.7. The quantitative estimate of drug-likeness (QED) is 0.460. The van der Waals surface area contributed by atoms with E-state index in [1.807, 2.05) is 24.3 Å². The number of nitriles is 3. The summed E-state index contributed by atoms with van der Waals surface area (Å²) in [5, 5.41) is 39.2. The minimum absolute atomic E-state index is 0.362. The van der Waals surface area contributed by atoms with Crippen LogP contribution in [0.1, 0.15) is 64.4 Å². The number of ether oxygens (including phenoxy) is 2. The van der Waals surface area contributed by atoms with E-state index in [1.165, 1.54) is 6.42 Å². The van der Waals surface area contributed by atoms with Crippen molar-refractivity contribution in [3.63, 3.8) is 0 Å². The minimum atomic E-state index is -1.81. The van der Waals surface area contributed by atoms with Crippen LogP contribution in [0.2, 0.25) is 0 Å². The first-order chi connectivity index (χ1) is 14.9. The van der Waals surface area contributed by atoms with E-state index in [4.69, 9.17) is 14.9 Å². The van der Waals surface area contributed by atoms with Gasteiger partial charge in [0.25, 0.3) is 0 Å². The zero-order valence-corrected chi connectivity index (χ0v) is 19.5. The van der Waals surface area contributed by atoms with Crippen molar-refractivity contribution >= 4 is 21.8 Å². The Morgan fingerprint density at radius 3 is 2.19 bits per heavy atom. The first-order valence-electron chi connectivity index (χ1n) is 10.8. The number of unbranched alkanes of at least 4 members (excludes halogenated alkanes) is 5. The van der Waals surface area contributed by atoms with Gasteiger partial charge in [-0.05, 0) is 18.6 Å². The number of hydrogen-bond donors (Lipinski definition) is 1. The normalized spacial score (nSPS) is 30.6. The van der Waals surface area contributed by atoms with Gasteiger partial charge in [-0.3, -0.25) is 5.41 Å². The van der Waals surface area contributed by atoms with Crippen molar-refractivity contribution in [2.24, 2.45) is 16.7 Å². The van der Waals surface area contributed by atoms with Gasteiger partial charge in [0.1, 0.15) is 0 Å². The summed E-state index contributed by atoms with van der Waals surface area (Å²) in [6.07, 6.45) is 5.94. The van der Waals surface area contributed by atoms with Crippen molar-refractivity contribution in [3.05, 3.63) is 34.3 Å². The molecule has 162 valence electrons. The number of rotatable bonds is 8. The third kappa shape index (κ3) is 3.34. The fourth-order valence-electron chi connectivity index (χ4n) is 5.03. The Hall–Kier alpha value is -2.40. The molecule has 2 bridgehead atoms. The van der Waals surface area contributed by atoms with Crippen LogP contribution in [0.3, 0.4) is 0 Å². The maximum atomic E-state index is 10.3. The molecular weight excluding hydrogens is 456 g/mol. The van der Waals surface area contributed by atoms with Crippen LogP contribution in [0.25, 0.3) is 0 Å². The van der Waals surface area contributed by atoms with Crippen LogP contribution in [0, 0.1) is 56.2 Å². The van der Waals surface area contributed by atoms with Gasteiger partial charge in [0.15, 0.2) is 10.8 Å². The Balaban J connectivity index is 2.02. The Morgan fingerprint density at radius 1 is 1.00 bits per heavy atom. The van der Waals surface area contributed by atoms with Gasteiger partial charge in [-0.2, -0.15) is 15.8 Å². The Kier molecular flexibility index (Phi) is 6.75. The van der Waals surface area contributed by atoms with Crippen molar-refractivity contribution in [3.8, 4) is 18.2 Å². The summed E-state index contributed by atoms with van der Waals surface area (Å²) >= 11 is 3.42. The van der Waals surface area contributed by atoms with Crippen molar-refractivity contribution in [2.75, 3.05) is 0 Å². The fourth-order valence-corrected chi connectivity index (χ4v) is 5.29. The van der Waals surface area contributed by atoms with Crippen molar-refractivity contribution in [1.82, 2.24) is 0 Å². The molecule has 2 heterocycles. The van der Waals surface area contributed by atoms with Gasteiger partial charge in [0, 0.05) is 10.0 Å². The molecule has 0 saturated carbocycles. The summed E-state index contributed by atoms with van der Waals surface area (Å²) in [4.78, 5) is 0. The van der Waals surface area contributed by atoms with Gasteiger partial charge in [-0.1, -0.05) is 80.4 Å². The van der Waals surface area contributed by atoms with Gasteiger partial charge in [0.2, 0.25) is 11.7 Å². The lowest BCUT2D eigenvalue weighted by Crippen LogP contribution is -2.60. The molecule has 0 radical (unpaired) electrons. The monoisotopic (exact) mass is 482 g/mol. The second-order valence-electron chi connectivity index (χ2n) is 8.44. The third-order valence-electron chi connectivity index (χ3n) is 6.85. The fraction of sp³-hybridized carbons (Fsp3) is 0.583. The largest absolute Gasteiger partial charge is 0.443 e. The van der Waals surface area contributed by atoms with E-state index < -0.39 is 28.6 Å². The molecule has 1 N–H and O–H groups in total. The van der Waals surface area contributed by atoms with Crippen LogP contribution < -0.4 is 0 Å². The van der Waals surface area contributed by atoms with Crippen LogP contribution in [-0.2, 0) is 15.3 Å². The molecule has 0 aromatic heterocycles. The number of halogens is 1. The molecule has 2 aliphatic heterocycles. The summed E-state index contributed by atoms with van der Waals surface area (Å²) in [5.74, 6) is -2.45. The molecule has 7 heteroatoms. The van der Waals surface area contributed by atoms with Gasteiger partial charge in [-0.15, -0.1) is 0 Å². The molecule has 3 rings (SSSR count). The van der Waals surface area contributed by atoms with Gasteiger partial charge in [0.05, 0.1) is 30.2 Å². The highest BCUT2D eigenvalue weighted by molar-refractivity contribution is 9.10. The van der Waals surface area contributed by atoms with E-state index in [0.29, 0.717) is 12.0 Å². The molecule has 1 aromatic rings. The molecule has 4 atom stereocenters. The lowest BCUT2D eigenvalue weighted by atomic mass is 9.53. The molecule has 2 fully saturated rings. The number of fused-ring (bicyclic) bond motifs is 2. The molecule has 4 unspecified atom stereocenters. The first-order valence-corrected chi connectivity index (χ1v) is 11.6. The topological polar surface area (TPSA) is 114 Å². The van der Waals surface area contributed by atoms with E-state index in [2.05, 4.69) is 41.1 Å². The number of nitrogens with one attached hydrogen (secondary N) is 1. The van der Waals surface area contributed by atoms with E-state index in [9.17, 15) is 15.8 Å². The molecule has 0 amide bonds. The maximum absolute atomic E-state index is 10.3. The van der Waals surface area contributed by atoms with E-state index >= 15 is 0 Å². The molecular formula is C24H27BrN4O2. The van der Waals surface area contributed by atoms with Crippen molar-refractivity contribution in [1.29, 1.82) is 21.2 Å². The number of nitrogens with zero attached hydrogens (tertiary/aromatic N) is 3. The Labute approximate surface area is 192 Å². The predicted molar refractivity (Wildman–Crippen MR) is 118 cm³/mol. The maximum Gasteiger partial charge on any atom is 0.243 e. The van der Waals surface area contributed by atoms with E-state index in [0.717, 1.165) is 36.6 Å². The molecule has 6 nitrogen and oxygen atoms in total. The minimum Gasteiger partial charge on any atom is -0.443 e. The van der Waals surface area contributed by atoms with E-state index in [1.54, 1.807) is 6.92 Å². The second-order valence-corrected chi connectivity index (χ2v) is 9.36. The molecule has 1 aromatic carbocycles. The first kappa shape index (κ1) is 23.3. The predicted octanol–water partition coefficient (Wildman–Crippen LogP) is 5.94. The molecule has 31 heavy (non-hydrogen) atoms. The van der Waals surface area contributed by atoms with Crippen LogP contribution in [0.5, 0.6) is 0 Å². The molecule has 0 aliphatic carbocycles. The summed E-state index contributed by atoms with van der Waals surface area (Å²) in [5.41, 5.74) is -2.84. The van der Waals surface area contributed by atoms with Crippen LogP contribution in [-0.4, -0.2) is 12.0 Å². The lowest BCUT2D eigenvalue weighted by molar-refractivity contribution is -0.286. The molecule has 2 saturated heterocycles. The summed E-state index contributed by atoms with van der Waals surface area (Å²) < 4.78 is 13.3. The van der Waals surface area contributed by atoms with Crippen LogP contribution in [0.4, 0.5) is 0 Å². The Bertz CT molecular complexity index is 944. The molecule has 2 aliphatic rings. The highest BCUT2D eigenvalue weighted by Gasteiger charge is 2.79. The van der Waals surface area contributed by atoms with Crippen LogP contribution >= 0.6 is 15.9 Å². The Morgan fingerprint density at radius 2 is 1.61 bits per heavy atom. The molecule has 0 spiro atoms. The second kappa shape index (κ2) is 8.99. The highest BCUT2D eigenvalue weighted by atomic mass is 79.9. The van der Waals surface area contributed by atoms with E-state index in [-0.39, 0.29) is 5.90 Å². The van der Waals surface area contributed by atoms with Gasteiger partial charge >= 0.3 is 0 Å². The third-order valence-corrected chi connectivity index (χ3v) is 7.38. The van der Waals surface area contributed by atoms with Crippen molar-refractivity contribution < 1.29 is 9.47 Å². The SMILES string of the molecule is CCCCCCCCC1OC2(c3ccc(Br)cc3)OC(=N)C(C#N)(C2C)C1(C#N)C#N. The summed E-state index contributed by atoms with van der Waals surface area (Å²) in [6.45, 7) is 3.90. The number of hydrogen-bond acceptors (Lipinski definition) is 6. The van der Waals surface area contributed by atoms with Gasteiger partial charge in [-0.25, -0.2) is 0 Å². The lowest BCUT2D eigenvalue weighted by Gasteiger charge is -2.48. The summed E-state index contributed by atoms with van der Waals surface area (Å²) in [7, 11) is 0. The zero-order chi connectivity index (χ0) is 22.7. The average Bonchev–Trinajstić information content (AvgIpc) is 2.94. The average molecular weight is 483 g/mol. The smallest absolute Gasteiger partial charge is 0.243 e.